The zero-order valence-corrected chi connectivity index (χ0v) is 45.0. The topological polar surface area (TPSA) is 241 Å². The molecule has 8 N–H and O–H groups in total. The number of hydrogen-bond donors (Lipinski definition) is 8. The summed E-state index contributed by atoms with van der Waals surface area (Å²) in [5.41, 5.74) is 15.4. The Hall–Kier alpha value is -4.53. The molecule has 7 heterocycles. The van der Waals surface area contributed by atoms with Crippen molar-refractivity contribution in [3.63, 3.8) is 0 Å². The van der Waals surface area contributed by atoms with E-state index in [1.54, 1.807) is 23.5 Å². The number of aryl methyl sites for hydroxylation is 3. The van der Waals surface area contributed by atoms with Crippen LogP contribution in [0.5, 0.6) is 0 Å². The maximum absolute atomic E-state index is 12.5. The van der Waals surface area contributed by atoms with Crippen LogP contribution in [0.4, 0.5) is 0 Å². The lowest BCUT2D eigenvalue weighted by Gasteiger charge is -2.31. The van der Waals surface area contributed by atoms with E-state index in [1.807, 2.05) is 13.0 Å². The lowest BCUT2D eigenvalue weighted by atomic mass is 9.97. The molecule has 8 bridgehead atoms. The van der Waals surface area contributed by atoms with E-state index in [1.165, 1.54) is 18.2 Å². The maximum Gasteiger partial charge on any atom is 0.310 e. The summed E-state index contributed by atoms with van der Waals surface area (Å²) >= 11 is 3.26. The molecule has 72 heavy (non-hydrogen) atoms. The number of aliphatic hydroxyl groups is 4. The van der Waals surface area contributed by atoms with E-state index < -0.39 is 0 Å². The van der Waals surface area contributed by atoms with Gasteiger partial charge in [0.1, 0.15) is 10.9 Å². The van der Waals surface area contributed by atoms with Gasteiger partial charge in [0, 0.05) is 95.7 Å². The fourth-order valence-electron chi connectivity index (χ4n) is 9.14. The van der Waals surface area contributed by atoms with Gasteiger partial charge in [0.05, 0.1) is 62.5 Å². The van der Waals surface area contributed by atoms with Gasteiger partial charge >= 0.3 is 5.97 Å². The summed E-state index contributed by atoms with van der Waals surface area (Å²) in [4.78, 5) is 51.0. The molecule has 7 atom stereocenters. The minimum atomic E-state index is -0.381. The van der Waals surface area contributed by atoms with Gasteiger partial charge in [-0.25, -0.2) is 4.98 Å². The minimum Gasteiger partial charge on any atom is -0.469 e. The second-order valence-corrected chi connectivity index (χ2v) is 21.2. The van der Waals surface area contributed by atoms with E-state index in [0.717, 1.165) is 110 Å². The first-order valence-electron chi connectivity index (χ1n) is 25.3. The van der Waals surface area contributed by atoms with Crippen molar-refractivity contribution < 1.29 is 49.0 Å². The fourth-order valence-corrected chi connectivity index (χ4v) is 11.5. The number of H-pyrrole nitrogens is 2. The molecule has 2 fully saturated rings. The predicted octanol–water partition coefficient (Wildman–Crippen LogP) is 7.36. The Morgan fingerprint density at radius 3 is 2.01 bits per heavy atom. The molecule has 0 radical (unpaired) electrons. The number of aromatic nitrogens is 4. The molecule has 16 nitrogen and oxygen atoms in total. The molecule has 7 rings (SSSR count). The molecular formula is C54H78N6O10S2. The molecule has 3 aromatic rings. The van der Waals surface area contributed by atoms with Crippen molar-refractivity contribution in [1.29, 1.82) is 0 Å². The molecular weight excluding hydrogens is 957 g/mol. The number of carbonyl (C=O) groups is 3. The molecule has 4 aliphatic rings. The lowest BCUT2D eigenvalue weighted by molar-refractivity contribution is -0.139. The Kier molecular flexibility index (Phi) is 23.3. The number of fused-ring (bicyclic) bond motifs is 8. The number of nitrogens with one attached hydrogen (secondary N) is 4. The number of allylic oxidation sites excluding steroid dienone is 2. The van der Waals surface area contributed by atoms with Gasteiger partial charge in [-0.05, 0) is 111 Å². The van der Waals surface area contributed by atoms with Crippen LogP contribution in [0.3, 0.4) is 0 Å². The number of hydrogen-bond acceptors (Lipinski definition) is 14. The van der Waals surface area contributed by atoms with Gasteiger partial charge in [-0.1, -0.05) is 33.4 Å². The smallest absolute Gasteiger partial charge is 0.310 e. The van der Waals surface area contributed by atoms with Gasteiger partial charge < -0.3 is 55.2 Å². The zero-order chi connectivity index (χ0) is 52.5. The lowest BCUT2D eigenvalue weighted by Crippen LogP contribution is -2.36. The molecule has 4 aliphatic heterocycles. The first-order valence-corrected chi connectivity index (χ1v) is 27.4. The van der Waals surface area contributed by atoms with Crippen LogP contribution >= 0.6 is 23.5 Å². The summed E-state index contributed by atoms with van der Waals surface area (Å²) in [6.07, 6.45) is 7.67. The number of rotatable bonds is 18. The quantitative estimate of drug-likeness (QED) is 0.0353. The normalized spacial score (nSPS) is 21.7. The van der Waals surface area contributed by atoms with Crippen LogP contribution in [0.15, 0.2) is 24.8 Å². The molecule has 0 aromatic carbocycles. The number of amides is 2. The molecule has 0 aliphatic carbocycles. The first-order chi connectivity index (χ1) is 34.6. The van der Waals surface area contributed by atoms with Crippen molar-refractivity contribution in [2.45, 2.75) is 154 Å². The molecule has 3 aromatic heterocycles. The van der Waals surface area contributed by atoms with Gasteiger partial charge in [-0.15, -0.1) is 23.5 Å². The highest BCUT2D eigenvalue weighted by Crippen LogP contribution is 2.36. The van der Waals surface area contributed by atoms with E-state index in [0.29, 0.717) is 51.6 Å². The number of esters is 1. The van der Waals surface area contributed by atoms with Gasteiger partial charge in [-0.2, -0.15) is 0 Å². The van der Waals surface area contributed by atoms with Crippen LogP contribution in [0, 0.1) is 13.8 Å². The number of methoxy groups -OCH3 is 1. The van der Waals surface area contributed by atoms with Crippen molar-refractivity contribution >= 4 is 81.1 Å². The minimum absolute atomic E-state index is 0.0409. The van der Waals surface area contributed by atoms with Crippen LogP contribution in [0.1, 0.15) is 136 Å². The molecule has 396 valence electrons. The summed E-state index contributed by atoms with van der Waals surface area (Å²) in [5, 5.41) is 42.6. The predicted molar refractivity (Wildman–Crippen MR) is 289 cm³/mol. The first kappa shape index (κ1) is 58.4. The summed E-state index contributed by atoms with van der Waals surface area (Å²) < 4.78 is 16.3. The van der Waals surface area contributed by atoms with Gasteiger partial charge in [-0.3, -0.25) is 19.4 Å². The van der Waals surface area contributed by atoms with Crippen molar-refractivity contribution in [2.24, 2.45) is 0 Å². The molecule has 2 saturated heterocycles. The highest BCUT2D eigenvalue weighted by Gasteiger charge is 2.30. The van der Waals surface area contributed by atoms with Crippen LogP contribution in [0.2, 0.25) is 0 Å². The largest absolute Gasteiger partial charge is 0.469 e. The second kappa shape index (κ2) is 28.8. The average Bonchev–Trinajstić information content (AvgIpc) is 4.06. The van der Waals surface area contributed by atoms with E-state index in [2.05, 4.69) is 86.9 Å². The van der Waals surface area contributed by atoms with Crippen molar-refractivity contribution in [3.05, 3.63) is 75.4 Å². The Labute approximate surface area is 433 Å². The van der Waals surface area contributed by atoms with E-state index >= 15 is 0 Å². The van der Waals surface area contributed by atoms with Crippen LogP contribution in [-0.2, 0) is 47.9 Å². The van der Waals surface area contributed by atoms with Crippen molar-refractivity contribution in [1.82, 2.24) is 30.6 Å². The third-order valence-electron chi connectivity index (χ3n) is 13.4. The number of nitrogens with zero attached hydrogens (tertiary/aromatic N) is 2. The monoisotopic (exact) mass is 1030 g/mol. The average molecular weight is 1040 g/mol. The summed E-state index contributed by atoms with van der Waals surface area (Å²) in [6.45, 7) is 20.0. The summed E-state index contributed by atoms with van der Waals surface area (Å²) in [5.74, 6) is 1.74. The van der Waals surface area contributed by atoms with E-state index in [-0.39, 0.29) is 72.7 Å². The van der Waals surface area contributed by atoms with Crippen LogP contribution in [0.25, 0.3) is 39.3 Å². The highest BCUT2D eigenvalue weighted by atomic mass is 32.2. The van der Waals surface area contributed by atoms with Crippen molar-refractivity contribution in [3.8, 4) is 0 Å². The Morgan fingerprint density at radius 2 is 1.44 bits per heavy atom. The Balaban J connectivity index is 0.000000235. The molecule has 0 spiro atoms. The van der Waals surface area contributed by atoms with Crippen LogP contribution in [-0.4, -0.2) is 139 Å². The SMILES string of the molecule is C=Cc1c(C)c2cc3nc(c(CC(=O)OC)c4nc(cc5[nH]c(cc1[nH]2)c(C)c5CC)C(C)=C4C)CC3C.CCC(=O)NCCCSC1CC(O)CC(CO)O1.O=CNCCCSC1CC(O)CC(CO)O1. The number of carbonyl (C=O) groups excluding carboxylic acids is 3. The fraction of sp³-hybridized carbons (Fsp3) is 0.574. The zero-order valence-electron chi connectivity index (χ0n) is 43.4. The number of ether oxygens (including phenoxy) is 3. The van der Waals surface area contributed by atoms with Gasteiger partial charge in [0.2, 0.25) is 12.3 Å². The van der Waals surface area contributed by atoms with E-state index in [9.17, 15) is 24.6 Å². The third-order valence-corrected chi connectivity index (χ3v) is 15.8. The standard InChI is InChI=1S/C32H36N4O2.C12H23NO4S.C10H19NO4S/c1-9-21-19(6)26-13-24-16(3)11-28(33-24)23(12-31(37)38-8)32-18(5)17(4)25(36-32)14-29-22(10-2)20(7)27(35-29)15-30(21)34-26;1-2-11(16)13-4-3-5-18-12-7-9(15)6-10(8-14)17-12;12-6-9-4-8(14)5-10(15-9)16-3-1-2-11-7-13/h9,13-16,34-35H,1,10-12H2,2-8H3;9-10,12,14-15H,2-8H2,1H3,(H,13,16);7-10,12,14H,1-6H2,(H,11,13). The highest BCUT2D eigenvalue weighted by molar-refractivity contribution is 7.99. The Morgan fingerprint density at radius 1 is 0.833 bits per heavy atom. The molecule has 0 saturated carbocycles. The van der Waals surface area contributed by atoms with Gasteiger partial charge in [0.15, 0.2) is 0 Å². The molecule has 2 amide bonds. The Bertz CT molecular complexity index is 2530. The summed E-state index contributed by atoms with van der Waals surface area (Å²) in [6, 6.07) is 6.46. The molecule has 18 heteroatoms. The van der Waals surface area contributed by atoms with Gasteiger partial charge in [0.25, 0.3) is 0 Å². The van der Waals surface area contributed by atoms with E-state index in [4.69, 9.17) is 34.4 Å². The number of aromatic amines is 2. The van der Waals surface area contributed by atoms with Crippen LogP contribution < -0.4 is 10.6 Å². The third kappa shape index (κ3) is 16.0. The van der Waals surface area contributed by atoms with Crippen molar-refractivity contribution in [2.75, 3.05) is 44.9 Å². The maximum atomic E-state index is 12.5. The number of thioether (sulfide) groups is 2. The summed E-state index contributed by atoms with van der Waals surface area (Å²) in [7, 11) is 1.43. The molecule has 7 unspecified atom stereocenters. The number of aliphatic hydroxyl groups excluding tert-OH is 4. The second-order valence-electron chi connectivity index (χ2n) is 18.7.